The highest BCUT2D eigenvalue weighted by molar-refractivity contribution is 6.33. The highest BCUT2D eigenvalue weighted by atomic mass is 35.5. The zero-order valence-electron chi connectivity index (χ0n) is 18.5. The van der Waals surface area contributed by atoms with Gasteiger partial charge in [0.2, 0.25) is 5.91 Å². The quantitative estimate of drug-likeness (QED) is 0.655. The summed E-state index contributed by atoms with van der Waals surface area (Å²) < 4.78 is 7.41. The fraction of sp³-hybridized carbons (Fsp3) is 0.478. The minimum Gasteiger partial charge on any atom is -0.496 e. The van der Waals surface area contributed by atoms with Gasteiger partial charge in [-0.2, -0.15) is 0 Å². The lowest BCUT2D eigenvalue weighted by atomic mass is 10.1. The molecule has 168 valence electrons. The molecule has 0 spiro atoms. The van der Waals surface area contributed by atoms with E-state index < -0.39 is 0 Å². The number of benzene rings is 1. The molecule has 7 nitrogen and oxygen atoms in total. The van der Waals surface area contributed by atoms with Crippen LogP contribution >= 0.6 is 11.6 Å². The number of hydrogen-bond donors (Lipinski definition) is 0. The second-order valence-electron chi connectivity index (χ2n) is 7.58. The van der Waals surface area contributed by atoms with Crippen molar-refractivity contribution in [2.24, 2.45) is 0 Å². The molecule has 1 aromatic carbocycles. The molecule has 0 N–H and O–H groups in total. The van der Waals surface area contributed by atoms with Crippen molar-refractivity contribution in [2.75, 3.05) is 52.9 Å². The van der Waals surface area contributed by atoms with Crippen molar-refractivity contribution in [3.63, 3.8) is 0 Å². The molecule has 0 radical (unpaired) electrons. The summed E-state index contributed by atoms with van der Waals surface area (Å²) in [6.07, 6.45) is 4.60. The lowest BCUT2D eigenvalue weighted by Crippen LogP contribution is -2.42. The van der Waals surface area contributed by atoms with Gasteiger partial charge in [0.05, 0.1) is 29.9 Å². The third-order valence-corrected chi connectivity index (χ3v) is 6.04. The Morgan fingerprint density at radius 1 is 1.06 bits per heavy atom. The number of methoxy groups -OCH3 is 1. The molecule has 2 aromatic rings. The van der Waals surface area contributed by atoms with Gasteiger partial charge in [0.25, 0.3) is 5.91 Å². The minimum absolute atomic E-state index is 0.102. The van der Waals surface area contributed by atoms with E-state index in [1.54, 1.807) is 19.2 Å². The molecule has 0 bridgehead atoms. The molecule has 8 heteroatoms. The fourth-order valence-corrected chi connectivity index (χ4v) is 4.20. The molecule has 1 fully saturated rings. The van der Waals surface area contributed by atoms with E-state index in [0.717, 1.165) is 18.7 Å². The number of carbonyl (C=O) groups is 2. The molecule has 0 atom stereocenters. The van der Waals surface area contributed by atoms with E-state index in [9.17, 15) is 9.59 Å². The molecule has 2 heterocycles. The zero-order chi connectivity index (χ0) is 22.4. The van der Waals surface area contributed by atoms with E-state index in [4.69, 9.17) is 16.3 Å². The van der Waals surface area contributed by atoms with E-state index >= 15 is 0 Å². The first-order chi connectivity index (χ1) is 15.0. The predicted octanol–water partition coefficient (Wildman–Crippen LogP) is 3.16. The second kappa shape index (κ2) is 10.7. The van der Waals surface area contributed by atoms with Crippen LogP contribution in [0.1, 0.15) is 30.6 Å². The molecule has 1 aromatic heterocycles. The average Bonchev–Trinajstić information content (AvgIpc) is 3.20. The van der Waals surface area contributed by atoms with Gasteiger partial charge in [-0.3, -0.25) is 14.5 Å². The van der Waals surface area contributed by atoms with Crippen LogP contribution in [-0.2, 0) is 4.79 Å². The van der Waals surface area contributed by atoms with Gasteiger partial charge in [-0.1, -0.05) is 11.6 Å². The van der Waals surface area contributed by atoms with Gasteiger partial charge in [-0.15, -0.1) is 0 Å². The standard InChI is InChI=1S/C23H31ClN4O3/c1-4-26(5-2)22(29)17-25-9-8-12-28(14-13-25)23(30)18-15-19(24)20(16-21(18)31-3)27-10-6-7-11-27/h6-7,10-11,15-16H,4-5,8-9,12-14,17H2,1-3H3. The Kier molecular flexibility index (Phi) is 7.98. The van der Waals surface area contributed by atoms with E-state index in [1.165, 1.54) is 0 Å². The Balaban J connectivity index is 1.72. The number of hydrogen-bond acceptors (Lipinski definition) is 4. The van der Waals surface area contributed by atoms with E-state index in [1.807, 2.05) is 52.7 Å². The number of carbonyl (C=O) groups excluding carboxylic acids is 2. The summed E-state index contributed by atoms with van der Waals surface area (Å²) >= 11 is 6.51. The Morgan fingerprint density at radius 3 is 2.42 bits per heavy atom. The van der Waals surface area contributed by atoms with E-state index in [-0.39, 0.29) is 11.8 Å². The summed E-state index contributed by atoms with van der Waals surface area (Å²) in [5, 5.41) is 0.488. The minimum atomic E-state index is -0.102. The van der Waals surface area contributed by atoms with Crippen molar-refractivity contribution in [2.45, 2.75) is 20.3 Å². The van der Waals surface area contributed by atoms with Gasteiger partial charge in [0, 0.05) is 57.7 Å². The van der Waals surface area contributed by atoms with Gasteiger partial charge in [-0.05, 0) is 38.5 Å². The number of likely N-dealkylation sites (N-methyl/N-ethyl adjacent to an activating group) is 1. The third kappa shape index (κ3) is 5.40. The predicted molar refractivity (Wildman–Crippen MR) is 122 cm³/mol. The van der Waals surface area contributed by atoms with Crippen molar-refractivity contribution in [3.05, 3.63) is 47.2 Å². The van der Waals surface area contributed by atoms with E-state index in [0.29, 0.717) is 55.6 Å². The van der Waals surface area contributed by atoms with Crippen molar-refractivity contribution in [1.82, 2.24) is 19.3 Å². The van der Waals surface area contributed by atoms with Crippen LogP contribution in [-0.4, -0.2) is 84.0 Å². The van der Waals surface area contributed by atoms with Crippen LogP contribution in [0.3, 0.4) is 0 Å². The van der Waals surface area contributed by atoms with Crippen LogP contribution in [0.5, 0.6) is 5.75 Å². The Labute approximate surface area is 189 Å². The van der Waals surface area contributed by atoms with Crippen LogP contribution in [0, 0.1) is 0 Å². The number of nitrogens with zero attached hydrogens (tertiary/aromatic N) is 4. The lowest BCUT2D eigenvalue weighted by molar-refractivity contribution is -0.132. The normalized spacial score (nSPS) is 14.9. The maximum absolute atomic E-state index is 13.3. The highest BCUT2D eigenvalue weighted by Crippen LogP contribution is 2.31. The van der Waals surface area contributed by atoms with Crippen LogP contribution in [0.4, 0.5) is 0 Å². The second-order valence-corrected chi connectivity index (χ2v) is 7.99. The van der Waals surface area contributed by atoms with Gasteiger partial charge in [0.1, 0.15) is 5.75 Å². The van der Waals surface area contributed by atoms with E-state index in [2.05, 4.69) is 4.90 Å². The summed E-state index contributed by atoms with van der Waals surface area (Å²) in [5.41, 5.74) is 1.22. The topological polar surface area (TPSA) is 58.0 Å². The number of ether oxygens (including phenoxy) is 1. The molecule has 0 aliphatic carbocycles. The van der Waals surface area contributed by atoms with Gasteiger partial charge >= 0.3 is 0 Å². The number of halogens is 1. The monoisotopic (exact) mass is 446 g/mol. The molecule has 0 unspecified atom stereocenters. The van der Waals surface area contributed by atoms with Crippen molar-refractivity contribution < 1.29 is 14.3 Å². The Hall–Kier alpha value is -2.51. The van der Waals surface area contributed by atoms with Gasteiger partial charge < -0.3 is 19.1 Å². The summed E-state index contributed by atoms with van der Waals surface area (Å²) in [7, 11) is 1.56. The number of aromatic nitrogens is 1. The van der Waals surface area contributed by atoms with Crippen LogP contribution < -0.4 is 4.74 Å². The molecule has 31 heavy (non-hydrogen) atoms. The average molecular weight is 447 g/mol. The first-order valence-corrected chi connectivity index (χ1v) is 11.2. The fourth-order valence-electron chi connectivity index (χ4n) is 3.94. The summed E-state index contributed by atoms with van der Waals surface area (Å²) in [6, 6.07) is 7.30. The Morgan fingerprint density at radius 2 is 1.77 bits per heavy atom. The molecular weight excluding hydrogens is 416 g/mol. The largest absolute Gasteiger partial charge is 0.496 e. The summed E-state index contributed by atoms with van der Waals surface area (Å²) in [4.78, 5) is 31.5. The summed E-state index contributed by atoms with van der Waals surface area (Å²) in [5.74, 6) is 0.532. The van der Waals surface area contributed by atoms with Crippen molar-refractivity contribution in [3.8, 4) is 11.4 Å². The van der Waals surface area contributed by atoms with Crippen LogP contribution in [0.25, 0.3) is 5.69 Å². The number of rotatable bonds is 7. The molecular formula is C23H31ClN4O3. The molecule has 1 aliphatic heterocycles. The van der Waals surface area contributed by atoms with Crippen molar-refractivity contribution in [1.29, 1.82) is 0 Å². The number of amides is 2. The first kappa shape index (κ1) is 23.2. The first-order valence-electron chi connectivity index (χ1n) is 10.8. The van der Waals surface area contributed by atoms with Crippen LogP contribution in [0.15, 0.2) is 36.7 Å². The zero-order valence-corrected chi connectivity index (χ0v) is 19.3. The van der Waals surface area contributed by atoms with Gasteiger partial charge in [0.15, 0.2) is 0 Å². The molecule has 1 aliphatic rings. The van der Waals surface area contributed by atoms with Crippen LogP contribution in [0.2, 0.25) is 5.02 Å². The summed E-state index contributed by atoms with van der Waals surface area (Å²) in [6.45, 7) is 8.46. The molecule has 2 amide bonds. The van der Waals surface area contributed by atoms with Crippen molar-refractivity contribution >= 4 is 23.4 Å². The SMILES string of the molecule is CCN(CC)C(=O)CN1CCCN(C(=O)c2cc(Cl)c(-n3cccc3)cc2OC)CC1. The van der Waals surface area contributed by atoms with Gasteiger partial charge in [-0.25, -0.2) is 0 Å². The highest BCUT2D eigenvalue weighted by Gasteiger charge is 2.25. The molecule has 1 saturated heterocycles. The Bertz CT molecular complexity index is 896. The smallest absolute Gasteiger partial charge is 0.257 e. The lowest BCUT2D eigenvalue weighted by Gasteiger charge is -2.25. The molecule has 0 saturated carbocycles. The maximum atomic E-state index is 13.3. The third-order valence-electron chi connectivity index (χ3n) is 5.73. The molecule has 3 rings (SSSR count). The maximum Gasteiger partial charge on any atom is 0.257 e.